The zero-order chi connectivity index (χ0) is 27.1. The third kappa shape index (κ3) is 7.04. The van der Waals surface area contributed by atoms with Crippen LogP contribution in [0.1, 0.15) is 47.2 Å². The van der Waals surface area contributed by atoms with Gasteiger partial charge in [-0.15, -0.1) is 16.8 Å². The standard InChI is InChI=1S/C26H30N6O4S/c1-6-12-31-24(23(16(2)3)28-25(34)19-9-7-8-17(4)13-19)29-30-26(31)37-15-22(33)27-21-14-20(32(35)36)11-10-18(21)5/h6-11,13-14,16,23H,1,12,15H2,2-5H3,(H,27,33)(H,28,34)/t23-/m0/s1. The van der Waals surface area contributed by atoms with Crippen molar-refractivity contribution in [1.29, 1.82) is 0 Å². The Morgan fingerprint density at radius 2 is 1.95 bits per heavy atom. The predicted molar refractivity (Wildman–Crippen MR) is 144 cm³/mol. The maximum absolute atomic E-state index is 13.0. The van der Waals surface area contributed by atoms with Crippen LogP contribution in [-0.2, 0) is 11.3 Å². The van der Waals surface area contributed by atoms with Gasteiger partial charge >= 0.3 is 0 Å². The molecule has 3 aromatic rings. The minimum atomic E-state index is -0.508. The van der Waals surface area contributed by atoms with Gasteiger partial charge in [-0.3, -0.25) is 19.7 Å². The molecule has 1 atom stereocenters. The monoisotopic (exact) mass is 522 g/mol. The summed E-state index contributed by atoms with van der Waals surface area (Å²) in [6.07, 6.45) is 1.70. The second kappa shape index (κ2) is 12.3. The minimum absolute atomic E-state index is 0.0133. The number of non-ortho nitro benzene ring substituents is 1. The Hall–Kier alpha value is -3.99. The minimum Gasteiger partial charge on any atom is -0.342 e. The van der Waals surface area contributed by atoms with Gasteiger partial charge in [-0.25, -0.2) is 0 Å². The second-order valence-electron chi connectivity index (χ2n) is 8.90. The van der Waals surface area contributed by atoms with Crippen LogP contribution in [0.4, 0.5) is 11.4 Å². The van der Waals surface area contributed by atoms with Gasteiger partial charge in [-0.1, -0.05) is 55.4 Å². The van der Waals surface area contributed by atoms with E-state index in [4.69, 9.17) is 0 Å². The topological polar surface area (TPSA) is 132 Å². The van der Waals surface area contributed by atoms with E-state index in [1.807, 2.05) is 43.5 Å². The predicted octanol–water partition coefficient (Wildman–Crippen LogP) is 4.85. The molecule has 0 aliphatic heterocycles. The molecule has 2 amide bonds. The molecule has 0 fully saturated rings. The van der Waals surface area contributed by atoms with Gasteiger partial charge in [0.05, 0.1) is 22.4 Å². The number of allylic oxidation sites excluding steroid dienone is 1. The lowest BCUT2D eigenvalue weighted by atomic mass is 10.0. The van der Waals surface area contributed by atoms with Crippen molar-refractivity contribution >= 4 is 35.0 Å². The zero-order valence-electron chi connectivity index (χ0n) is 21.2. The fourth-order valence-electron chi connectivity index (χ4n) is 3.65. The molecule has 10 nitrogen and oxygen atoms in total. The molecule has 0 radical (unpaired) electrons. The van der Waals surface area contributed by atoms with Crippen LogP contribution in [0.15, 0.2) is 60.3 Å². The van der Waals surface area contributed by atoms with Crippen molar-refractivity contribution < 1.29 is 14.5 Å². The van der Waals surface area contributed by atoms with Gasteiger partial charge < -0.3 is 15.2 Å². The van der Waals surface area contributed by atoms with Gasteiger partial charge in [-0.2, -0.15) is 0 Å². The smallest absolute Gasteiger partial charge is 0.271 e. The average molecular weight is 523 g/mol. The molecule has 0 spiro atoms. The Balaban J connectivity index is 1.76. The number of benzene rings is 2. The quantitative estimate of drug-likeness (QED) is 0.159. The van der Waals surface area contributed by atoms with Crippen molar-refractivity contribution in [3.05, 3.63) is 87.7 Å². The molecule has 0 saturated carbocycles. The Morgan fingerprint density at radius 3 is 2.59 bits per heavy atom. The number of nitro benzene ring substituents is 1. The van der Waals surface area contributed by atoms with Crippen LogP contribution in [0.3, 0.4) is 0 Å². The first kappa shape index (κ1) is 27.6. The number of nitro groups is 1. The molecule has 0 unspecified atom stereocenters. The molecule has 194 valence electrons. The summed E-state index contributed by atoms with van der Waals surface area (Å²) < 4.78 is 1.82. The maximum atomic E-state index is 13.0. The molecule has 0 aliphatic rings. The molecule has 3 rings (SSSR count). The van der Waals surface area contributed by atoms with Crippen LogP contribution in [0.2, 0.25) is 0 Å². The van der Waals surface area contributed by atoms with Crippen LogP contribution >= 0.6 is 11.8 Å². The van der Waals surface area contributed by atoms with E-state index in [9.17, 15) is 19.7 Å². The summed E-state index contributed by atoms with van der Waals surface area (Å²) in [5.74, 6) is 0.0418. The van der Waals surface area contributed by atoms with E-state index in [1.54, 1.807) is 25.1 Å². The number of anilines is 1. The molecule has 0 aliphatic carbocycles. The van der Waals surface area contributed by atoms with Crippen molar-refractivity contribution in [3.8, 4) is 0 Å². The van der Waals surface area contributed by atoms with Crippen LogP contribution in [0.25, 0.3) is 0 Å². The average Bonchev–Trinajstić information content (AvgIpc) is 3.24. The number of hydrogen-bond acceptors (Lipinski definition) is 7. The van der Waals surface area contributed by atoms with Gasteiger partial charge in [0.1, 0.15) is 0 Å². The maximum Gasteiger partial charge on any atom is 0.271 e. The lowest BCUT2D eigenvalue weighted by Gasteiger charge is -2.22. The third-order valence-corrected chi connectivity index (χ3v) is 6.57. The number of rotatable bonds is 11. The van der Waals surface area contributed by atoms with E-state index in [1.165, 1.54) is 23.9 Å². The highest BCUT2D eigenvalue weighted by molar-refractivity contribution is 7.99. The van der Waals surface area contributed by atoms with E-state index in [2.05, 4.69) is 27.4 Å². The SMILES string of the molecule is C=CCn1c(SCC(=O)Nc2cc([N+](=O)[O-])ccc2C)nnc1[C@@H](NC(=O)c1cccc(C)c1)C(C)C. The van der Waals surface area contributed by atoms with Crippen molar-refractivity contribution in [1.82, 2.24) is 20.1 Å². The van der Waals surface area contributed by atoms with Crippen LogP contribution in [0, 0.1) is 29.9 Å². The highest BCUT2D eigenvalue weighted by Gasteiger charge is 2.26. The summed E-state index contributed by atoms with van der Waals surface area (Å²) in [4.78, 5) is 36.1. The summed E-state index contributed by atoms with van der Waals surface area (Å²) in [6, 6.07) is 11.2. The summed E-state index contributed by atoms with van der Waals surface area (Å²) in [5, 5.41) is 26.0. The summed E-state index contributed by atoms with van der Waals surface area (Å²) in [5.41, 5.74) is 2.54. The lowest BCUT2D eigenvalue weighted by Crippen LogP contribution is -2.34. The second-order valence-corrected chi connectivity index (χ2v) is 9.84. The summed E-state index contributed by atoms with van der Waals surface area (Å²) >= 11 is 1.18. The van der Waals surface area contributed by atoms with E-state index in [-0.39, 0.29) is 29.2 Å². The fraction of sp³-hybridized carbons (Fsp3) is 0.308. The first-order valence-electron chi connectivity index (χ1n) is 11.7. The highest BCUT2D eigenvalue weighted by atomic mass is 32.2. The largest absolute Gasteiger partial charge is 0.342 e. The molecule has 37 heavy (non-hydrogen) atoms. The number of carbonyl (C=O) groups is 2. The van der Waals surface area contributed by atoms with Gasteiger partial charge in [0.25, 0.3) is 11.6 Å². The molecule has 11 heteroatoms. The molecule has 1 heterocycles. The molecule has 2 N–H and O–H groups in total. The number of carbonyl (C=O) groups excluding carboxylic acids is 2. The number of nitrogens with one attached hydrogen (secondary N) is 2. The third-order valence-electron chi connectivity index (χ3n) is 5.61. The number of nitrogens with zero attached hydrogens (tertiary/aromatic N) is 4. The normalized spacial score (nSPS) is 11.7. The van der Waals surface area contributed by atoms with Gasteiger partial charge in [0.2, 0.25) is 5.91 Å². The fourth-order valence-corrected chi connectivity index (χ4v) is 4.41. The van der Waals surface area contributed by atoms with Crippen molar-refractivity contribution in [2.75, 3.05) is 11.1 Å². The lowest BCUT2D eigenvalue weighted by molar-refractivity contribution is -0.384. The Labute approximate surface area is 219 Å². The van der Waals surface area contributed by atoms with E-state index in [0.717, 1.165) is 5.56 Å². The van der Waals surface area contributed by atoms with E-state index >= 15 is 0 Å². The number of amides is 2. The van der Waals surface area contributed by atoms with Gasteiger partial charge in [0.15, 0.2) is 11.0 Å². The molecule has 0 bridgehead atoms. The van der Waals surface area contributed by atoms with Gasteiger partial charge in [0, 0.05) is 24.2 Å². The first-order chi connectivity index (χ1) is 17.6. The highest BCUT2D eigenvalue weighted by Crippen LogP contribution is 2.27. The number of thioether (sulfide) groups is 1. The Bertz CT molecular complexity index is 1320. The molecular formula is C26H30N6O4S. The summed E-state index contributed by atoms with van der Waals surface area (Å²) in [6.45, 7) is 11.9. The van der Waals surface area contributed by atoms with Crippen molar-refractivity contribution in [2.24, 2.45) is 5.92 Å². The summed E-state index contributed by atoms with van der Waals surface area (Å²) in [7, 11) is 0. The first-order valence-corrected chi connectivity index (χ1v) is 12.7. The molecule has 1 aromatic heterocycles. The zero-order valence-corrected chi connectivity index (χ0v) is 22.0. The van der Waals surface area contributed by atoms with Crippen LogP contribution in [0.5, 0.6) is 0 Å². The van der Waals surface area contributed by atoms with Gasteiger partial charge in [-0.05, 0) is 37.5 Å². The Kier molecular flexibility index (Phi) is 9.18. The molecular weight excluding hydrogens is 492 g/mol. The van der Waals surface area contributed by atoms with E-state index in [0.29, 0.717) is 34.3 Å². The molecule has 0 saturated heterocycles. The van der Waals surface area contributed by atoms with Crippen LogP contribution in [-0.4, -0.2) is 37.3 Å². The van der Waals surface area contributed by atoms with Crippen molar-refractivity contribution in [2.45, 2.75) is 45.4 Å². The molecule has 2 aromatic carbocycles. The van der Waals surface area contributed by atoms with Crippen molar-refractivity contribution in [3.63, 3.8) is 0 Å². The van der Waals surface area contributed by atoms with E-state index < -0.39 is 11.0 Å². The van der Waals surface area contributed by atoms with Crippen LogP contribution < -0.4 is 10.6 Å². The number of aromatic nitrogens is 3. The number of hydrogen-bond donors (Lipinski definition) is 2. The number of aryl methyl sites for hydroxylation is 2. The Morgan fingerprint density at radius 1 is 1.19 bits per heavy atom.